The van der Waals surface area contributed by atoms with Crippen LogP contribution in [0.2, 0.25) is 0 Å². The van der Waals surface area contributed by atoms with Gasteiger partial charge in [-0.3, -0.25) is 4.79 Å². The van der Waals surface area contributed by atoms with Gasteiger partial charge in [-0.2, -0.15) is 4.31 Å². The molecule has 0 spiro atoms. The van der Waals surface area contributed by atoms with Gasteiger partial charge in [0.05, 0.1) is 11.5 Å². The minimum atomic E-state index is -3.81. The van der Waals surface area contributed by atoms with Crippen molar-refractivity contribution in [3.05, 3.63) is 0 Å². The first-order chi connectivity index (χ1) is 9.27. The molecule has 112 valence electrons. The second-order valence-corrected chi connectivity index (χ2v) is 7.47. The third-order valence-corrected chi connectivity index (χ3v) is 5.21. The van der Waals surface area contributed by atoms with Crippen molar-refractivity contribution in [3.63, 3.8) is 0 Å². The number of hydrogen-bond acceptors (Lipinski definition) is 7. The van der Waals surface area contributed by atoms with E-state index in [-0.39, 0.29) is 33.5 Å². The van der Waals surface area contributed by atoms with E-state index in [0.717, 1.165) is 15.6 Å². The number of nitrogens with two attached hydrogens (primary N) is 1. The molecule has 3 N–H and O–H groups in total. The molecule has 20 heavy (non-hydrogen) atoms. The highest BCUT2D eigenvalue weighted by Gasteiger charge is 2.28. The van der Waals surface area contributed by atoms with Crippen LogP contribution in [0.1, 0.15) is 20.3 Å². The van der Waals surface area contributed by atoms with E-state index in [9.17, 15) is 13.2 Å². The maximum atomic E-state index is 12.4. The van der Waals surface area contributed by atoms with Gasteiger partial charge < -0.3 is 11.1 Å². The number of carbonyl (C=O) groups excluding carboxylic acids is 1. The fourth-order valence-electron chi connectivity index (χ4n) is 1.33. The van der Waals surface area contributed by atoms with Crippen molar-refractivity contribution in [2.24, 2.45) is 5.73 Å². The van der Waals surface area contributed by atoms with Gasteiger partial charge in [-0.15, -0.1) is 10.2 Å². The summed E-state index contributed by atoms with van der Waals surface area (Å²) in [6, 6.07) is 0. The summed E-state index contributed by atoms with van der Waals surface area (Å²) < 4.78 is 25.7. The van der Waals surface area contributed by atoms with Crippen LogP contribution < -0.4 is 11.1 Å². The lowest BCUT2D eigenvalue weighted by Crippen LogP contribution is -2.38. The van der Waals surface area contributed by atoms with Crippen LogP contribution in [0, 0.1) is 0 Å². The molecular formula is C9H15N5O3S3. The Hall–Kier alpha value is -1.17. The van der Waals surface area contributed by atoms with Crippen molar-refractivity contribution < 1.29 is 13.2 Å². The average Bonchev–Trinajstić information content (AvgIpc) is 2.76. The van der Waals surface area contributed by atoms with Gasteiger partial charge in [0.1, 0.15) is 0 Å². The molecule has 0 aliphatic carbocycles. The summed E-state index contributed by atoms with van der Waals surface area (Å²) in [4.78, 5) is 11.0. The Labute approximate surface area is 126 Å². The van der Waals surface area contributed by atoms with Gasteiger partial charge in [0.25, 0.3) is 10.0 Å². The van der Waals surface area contributed by atoms with Crippen LogP contribution in [0.4, 0.5) is 5.13 Å². The molecule has 8 nitrogen and oxygen atoms in total. The minimum Gasteiger partial charge on any atom is -0.392 e. The molecule has 1 aromatic heterocycles. The van der Waals surface area contributed by atoms with Crippen molar-refractivity contribution in [2.45, 2.75) is 24.6 Å². The quantitative estimate of drug-likeness (QED) is 0.538. The van der Waals surface area contributed by atoms with E-state index in [2.05, 4.69) is 15.5 Å². The van der Waals surface area contributed by atoms with Gasteiger partial charge in [0, 0.05) is 13.5 Å². The highest BCUT2D eigenvalue weighted by atomic mass is 32.2. The molecule has 0 atom stereocenters. The molecule has 0 bridgehead atoms. The number of anilines is 1. The van der Waals surface area contributed by atoms with E-state index in [0.29, 0.717) is 6.42 Å². The Kier molecular flexibility index (Phi) is 5.92. The number of rotatable bonds is 7. The predicted octanol–water partition coefficient (Wildman–Crippen LogP) is 0.183. The molecule has 1 amide bonds. The number of nitrogens with one attached hydrogen (secondary N) is 1. The molecule has 0 radical (unpaired) electrons. The monoisotopic (exact) mass is 337 g/mol. The lowest BCUT2D eigenvalue weighted by molar-refractivity contribution is -0.114. The van der Waals surface area contributed by atoms with Crippen molar-refractivity contribution in [2.75, 3.05) is 18.4 Å². The summed E-state index contributed by atoms with van der Waals surface area (Å²) in [5.41, 5.74) is 5.41. The van der Waals surface area contributed by atoms with Crippen LogP contribution >= 0.6 is 23.6 Å². The largest absolute Gasteiger partial charge is 0.392 e. The fourth-order valence-corrected chi connectivity index (χ4v) is 4.17. The van der Waals surface area contributed by atoms with Gasteiger partial charge in [-0.1, -0.05) is 30.5 Å². The third-order valence-electron chi connectivity index (χ3n) is 2.06. The molecule has 11 heteroatoms. The number of nitrogens with zero attached hydrogens (tertiary/aromatic N) is 3. The molecule has 1 heterocycles. The zero-order chi connectivity index (χ0) is 15.3. The standard InChI is InChI=1S/C9H15N5O3S3/c1-3-4-14(5-7(10)18)20(16,17)9-13-12-8(19-9)11-6(2)15/h3-5H2,1-2H3,(H2,10,18)(H,11,12,15). The van der Waals surface area contributed by atoms with Crippen LogP contribution in [0.3, 0.4) is 0 Å². The number of carbonyl (C=O) groups is 1. The number of amides is 1. The Morgan fingerprint density at radius 2 is 2.15 bits per heavy atom. The molecule has 0 aromatic carbocycles. The lowest BCUT2D eigenvalue weighted by Gasteiger charge is -2.18. The molecule has 0 saturated heterocycles. The second-order valence-electron chi connectivity index (χ2n) is 3.86. The van der Waals surface area contributed by atoms with Gasteiger partial charge >= 0.3 is 0 Å². The summed E-state index contributed by atoms with van der Waals surface area (Å²) in [6.45, 7) is 3.35. The normalized spacial score (nSPS) is 11.6. The summed E-state index contributed by atoms with van der Waals surface area (Å²) in [7, 11) is -3.81. The molecule has 0 fully saturated rings. The Balaban J connectivity index is 3.03. The van der Waals surface area contributed by atoms with E-state index in [1.165, 1.54) is 6.92 Å². The van der Waals surface area contributed by atoms with Gasteiger partial charge in [0.15, 0.2) is 0 Å². The van der Waals surface area contributed by atoms with E-state index >= 15 is 0 Å². The smallest absolute Gasteiger partial charge is 0.272 e. The molecule has 1 rings (SSSR count). The topological polar surface area (TPSA) is 118 Å². The van der Waals surface area contributed by atoms with Gasteiger partial charge in [0.2, 0.25) is 15.4 Å². The van der Waals surface area contributed by atoms with Gasteiger partial charge in [-0.25, -0.2) is 8.42 Å². The van der Waals surface area contributed by atoms with Gasteiger partial charge in [-0.05, 0) is 6.42 Å². The first-order valence-electron chi connectivity index (χ1n) is 5.67. The van der Waals surface area contributed by atoms with Crippen LogP contribution in [0.25, 0.3) is 0 Å². The van der Waals surface area contributed by atoms with Crippen LogP contribution in [0.5, 0.6) is 0 Å². The van der Waals surface area contributed by atoms with Crippen LogP contribution in [-0.4, -0.2) is 46.9 Å². The Morgan fingerprint density at radius 1 is 1.50 bits per heavy atom. The van der Waals surface area contributed by atoms with E-state index < -0.39 is 10.0 Å². The number of thiocarbonyl (C=S) groups is 1. The summed E-state index contributed by atoms with van der Waals surface area (Å²) in [5.74, 6) is -0.348. The Bertz CT molecular complexity index is 598. The van der Waals surface area contributed by atoms with Crippen LogP contribution in [-0.2, 0) is 14.8 Å². The maximum Gasteiger partial charge on any atom is 0.272 e. The number of aromatic nitrogens is 2. The maximum absolute atomic E-state index is 12.4. The highest BCUT2D eigenvalue weighted by Crippen LogP contribution is 2.23. The van der Waals surface area contributed by atoms with Crippen LogP contribution in [0.15, 0.2) is 4.34 Å². The summed E-state index contributed by atoms with van der Waals surface area (Å²) >= 11 is 5.53. The first kappa shape index (κ1) is 16.9. The zero-order valence-corrected chi connectivity index (χ0v) is 13.4. The van der Waals surface area contributed by atoms with Crippen molar-refractivity contribution >= 4 is 49.6 Å². The molecular weight excluding hydrogens is 322 g/mol. The lowest BCUT2D eigenvalue weighted by atomic mass is 10.5. The molecule has 0 saturated carbocycles. The van der Waals surface area contributed by atoms with E-state index in [1.807, 2.05) is 6.92 Å². The summed E-state index contributed by atoms with van der Waals surface area (Å²) in [6.07, 6.45) is 0.610. The van der Waals surface area contributed by atoms with Crippen molar-refractivity contribution in [3.8, 4) is 0 Å². The number of sulfonamides is 1. The fraction of sp³-hybridized carbons (Fsp3) is 0.556. The molecule has 0 aliphatic rings. The second kappa shape index (κ2) is 7.02. The number of hydrogen-bond donors (Lipinski definition) is 2. The summed E-state index contributed by atoms with van der Waals surface area (Å²) in [5, 5.41) is 9.71. The molecule has 0 unspecified atom stereocenters. The van der Waals surface area contributed by atoms with E-state index in [4.69, 9.17) is 18.0 Å². The highest BCUT2D eigenvalue weighted by molar-refractivity contribution is 7.91. The average molecular weight is 337 g/mol. The SMILES string of the molecule is CCCN(CC(N)=S)S(=O)(=O)c1nnc(NC(C)=O)s1. The Morgan fingerprint density at radius 3 is 2.65 bits per heavy atom. The predicted molar refractivity (Wildman–Crippen MR) is 80.0 cm³/mol. The molecule has 1 aromatic rings. The first-order valence-corrected chi connectivity index (χ1v) is 8.33. The molecule has 0 aliphatic heterocycles. The van der Waals surface area contributed by atoms with Crippen molar-refractivity contribution in [1.29, 1.82) is 0 Å². The zero-order valence-electron chi connectivity index (χ0n) is 11.0. The van der Waals surface area contributed by atoms with E-state index in [1.54, 1.807) is 0 Å². The van der Waals surface area contributed by atoms with Crippen molar-refractivity contribution in [1.82, 2.24) is 14.5 Å². The third kappa shape index (κ3) is 4.44. The minimum absolute atomic E-state index is 0.0550.